The Morgan fingerprint density at radius 2 is 1.94 bits per heavy atom. The third-order valence-electron chi connectivity index (χ3n) is 6.24. The standard InChI is InChI=1S/C23H16FN7O2/c24-14-3-2-11(13-9-29-31-18(13)14)16-12-8-15(33-23(10-25)4-1-5-23)20-21(28-7-6-27-20)19(12)30-22(32)17(16)26/h2-3,6-9H,1,4-5,26H2,(H,29,31)(H,30,32). The average Bonchev–Trinajstić information content (AvgIpc) is 3.30. The fourth-order valence-electron chi connectivity index (χ4n) is 4.40. The first-order chi connectivity index (χ1) is 16.0. The van der Waals surface area contributed by atoms with Gasteiger partial charge in [0, 0.05) is 41.6 Å². The lowest BCUT2D eigenvalue weighted by molar-refractivity contribution is 0.0494. The van der Waals surface area contributed by atoms with Gasteiger partial charge in [-0.1, -0.05) is 6.07 Å². The number of nitrogens with one attached hydrogen (secondary N) is 2. The molecule has 2 aromatic carbocycles. The SMILES string of the molecule is N#CC1(Oc2cc3c(-c4ccc(F)c5[nH]ncc45)c(N)c(=O)[nH]c3c3nccnc23)CCC1. The lowest BCUT2D eigenvalue weighted by Gasteiger charge is -2.35. The van der Waals surface area contributed by atoms with Gasteiger partial charge in [-0.05, 0) is 24.1 Å². The van der Waals surface area contributed by atoms with Crippen LogP contribution in [0.5, 0.6) is 5.75 Å². The van der Waals surface area contributed by atoms with Crippen molar-refractivity contribution in [3.8, 4) is 22.9 Å². The molecule has 0 unspecified atom stereocenters. The molecule has 9 nitrogen and oxygen atoms in total. The van der Waals surface area contributed by atoms with Crippen LogP contribution in [0.4, 0.5) is 10.1 Å². The van der Waals surface area contributed by atoms with E-state index in [1.807, 2.05) is 0 Å². The minimum absolute atomic E-state index is 0.0376. The Labute approximate surface area is 185 Å². The molecular weight excluding hydrogens is 425 g/mol. The number of fused-ring (bicyclic) bond motifs is 4. The zero-order valence-corrected chi connectivity index (χ0v) is 17.1. The molecule has 0 radical (unpaired) electrons. The molecule has 0 amide bonds. The van der Waals surface area contributed by atoms with E-state index in [-0.39, 0.29) is 11.2 Å². The van der Waals surface area contributed by atoms with Gasteiger partial charge in [0.1, 0.15) is 39.9 Å². The maximum Gasteiger partial charge on any atom is 0.272 e. The van der Waals surface area contributed by atoms with Crippen molar-refractivity contribution in [3.63, 3.8) is 0 Å². The van der Waals surface area contributed by atoms with Crippen molar-refractivity contribution in [1.29, 1.82) is 5.26 Å². The minimum Gasteiger partial charge on any atom is -0.470 e. The smallest absolute Gasteiger partial charge is 0.272 e. The van der Waals surface area contributed by atoms with Gasteiger partial charge in [-0.2, -0.15) is 10.4 Å². The summed E-state index contributed by atoms with van der Waals surface area (Å²) in [6, 6.07) is 6.82. The summed E-state index contributed by atoms with van der Waals surface area (Å²) in [4.78, 5) is 24.5. The number of nitrogen functional groups attached to an aromatic ring is 1. The number of pyridine rings is 1. The van der Waals surface area contributed by atoms with E-state index >= 15 is 0 Å². The zero-order chi connectivity index (χ0) is 22.7. The van der Waals surface area contributed by atoms with E-state index < -0.39 is 17.0 Å². The third kappa shape index (κ3) is 2.69. The second kappa shape index (κ2) is 6.74. The van der Waals surface area contributed by atoms with Crippen molar-refractivity contribution in [2.75, 3.05) is 5.73 Å². The quantitative estimate of drug-likeness (QED) is 0.363. The van der Waals surface area contributed by atoms with E-state index in [1.165, 1.54) is 24.7 Å². The monoisotopic (exact) mass is 441 g/mol. The van der Waals surface area contributed by atoms with Crippen LogP contribution in [0.15, 0.2) is 41.6 Å². The average molecular weight is 441 g/mol. The van der Waals surface area contributed by atoms with Gasteiger partial charge < -0.3 is 15.5 Å². The highest BCUT2D eigenvalue weighted by molar-refractivity contribution is 6.14. The summed E-state index contributed by atoms with van der Waals surface area (Å²) in [7, 11) is 0. The predicted octanol–water partition coefficient (Wildman–Crippen LogP) is 3.56. The van der Waals surface area contributed by atoms with Crippen molar-refractivity contribution >= 4 is 38.5 Å². The summed E-state index contributed by atoms with van der Waals surface area (Å²) in [6.45, 7) is 0. The first kappa shape index (κ1) is 19.2. The maximum absolute atomic E-state index is 14.3. The van der Waals surface area contributed by atoms with Crippen molar-refractivity contribution in [3.05, 3.63) is 53.0 Å². The number of nitrogens with zero attached hydrogens (tertiary/aromatic N) is 4. The van der Waals surface area contributed by atoms with E-state index in [0.717, 1.165) is 6.42 Å². The Kier molecular flexibility index (Phi) is 3.92. The number of nitriles is 1. The van der Waals surface area contributed by atoms with Crippen molar-refractivity contribution in [2.24, 2.45) is 0 Å². The molecular formula is C23H16FN7O2. The van der Waals surface area contributed by atoms with Gasteiger partial charge in [-0.15, -0.1) is 0 Å². The zero-order valence-electron chi connectivity index (χ0n) is 17.1. The van der Waals surface area contributed by atoms with Crippen LogP contribution < -0.4 is 16.0 Å². The topological polar surface area (TPSA) is 146 Å². The van der Waals surface area contributed by atoms with Gasteiger partial charge in [0.2, 0.25) is 0 Å². The van der Waals surface area contributed by atoms with Gasteiger partial charge >= 0.3 is 0 Å². The molecule has 5 aromatic rings. The molecule has 3 heterocycles. The first-order valence-electron chi connectivity index (χ1n) is 10.3. The molecule has 0 aliphatic heterocycles. The van der Waals surface area contributed by atoms with E-state index in [4.69, 9.17) is 10.5 Å². The molecule has 1 aliphatic rings. The summed E-state index contributed by atoms with van der Waals surface area (Å²) >= 11 is 0. The molecule has 0 saturated heterocycles. The highest BCUT2D eigenvalue weighted by Crippen LogP contribution is 2.43. The highest BCUT2D eigenvalue weighted by Gasteiger charge is 2.40. The summed E-state index contributed by atoms with van der Waals surface area (Å²) in [5, 5.41) is 17.3. The number of hydrogen-bond donors (Lipinski definition) is 3. The van der Waals surface area contributed by atoms with Crippen LogP contribution in [0.3, 0.4) is 0 Å². The van der Waals surface area contributed by atoms with Crippen LogP contribution >= 0.6 is 0 Å². The molecule has 10 heteroatoms. The Morgan fingerprint density at radius 1 is 1.15 bits per heavy atom. The second-order valence-electron chi connectivity index (χ2n) is 8.11. The Balaban J connectivity index is 1.74. The van der Waals surface area contributed by atoms with Gasteiger partial charge in [-0.25, -0.2) is 9.37 Å². The van der Waals surface area contributed by atoms with Crippen LogP contribution in [0, 0.1) is 17.1 Å². The Bertz CT molecular complexity index is 1700. The molecule has 0 bridgehead atoms. The van der Waals surface area contributed by atoms with Crippen LogP contribution in [0.1, 0.15) is 19.3 Å². The molecule has 6 rings (SSSR count). The molecule has 1 fully saturated rings. The van der Waals surface area contributed by atoms with Crippen LogP contribution in [-0.2, 0) is 0 Å². The van der Waals surface area contributed by atoms with Crippen molar-refractivity contribution in [1.82, 2.24) is 25.1 Å². The molecule has 0 spiro atoms. The molecule has 33 heavy (non-hydrogen) atoms. The fraction of sp³-hybridized carbons (Fsp3) is 0.174. The second-order valence-corrected chi connectivity index (χ2v) is 8.11. The molecule has 3 aromatic heterocycles. The number of rotatable bonds is 3. The molecule has 0 atom stereocenters. The number of halogens is 1. The Hall–Kier alpha value is -4.52. The van der Waals surface area contributed by atoms with Crippen LogP contribution in [0.2, 0.25) is 0 Å². The summed E-state index contributed by atoms with van der Waals surface area (Å²) in [5.41, 5.74) is 7.17. The molecule has 1 aliphatic carbocycles. The van der Waals surface area contributed by atoms with E-state index in [2.05, 4.69) is 31.2 Å². The van der Waals surface area contributed by atoms with Crippen LogP contribution in [0.25, 0.3) is 44.0 Å². The minimum atomic E-state index is -0.931. The normalized spacial score (nSPS) is 14.9. The number of ether oxygens (including phenoxy) is 1. The maximum atomic E-state index is 14.3. The van der Waals surface area contributed by atoms with Crippen molar-refractivity contribution < 1.29 is 9.13 Å². The number of aromatic amines is 2. The van der Waals surface area contributed by atoms with Gasteiger partial charge in [0.15, 0.2) is 5.60 Å². The van der Waals surface area contributed by atoms with Gasteiger partial charge in [0.05, 0.1) is 11.7 Å². The number of benzene rings is 2. The number of aromatic nitrogens is 5. The third-order valence-corrected chi connectivity index (χ3v) is 6.24. The molecule has 4 N–H and O–H groups in total. The molecule has 1 saturated carbocycles. The molecule has 162 valence electrons. The number of anilines is 1. The van der Waals surface area contributed by atoms with Gasteiger partial charge in [0.25, 0.3) is 5.56 Å². The summed E-state index contributed by atoms with van der Waals surface area (Å²) in [6.07, 6.45) is 6.62. The Morgan fingerprint density at radius 3 is 2.67 bits per heavy atom. The van der Waals surface area contributed by atoms with E-state index in [1.54, 1.807) is 12.1 Å². The van der Waals surface area contributed by atoms with Crippen LogP contribution in [-0.4, -0.2) is 30.8 Å². The lowest BCUT2D eigenvalue weighted by Crippen LogP contribution is -2.41. The van der Waals surface area contributed by atoms with Crippen molar-refractivity contribution in [2.45, 2.75) is 24.9 Å². The number of nitrogens with two attached hydrogens (primary N) is 1. The van der Waals surface area contributed by atoms with Gasteiger partial charge in [-0.3, -0.25) is 14.9 Å². The lowest BCUT2D eigenvalue weighted by atomic mass is 9.81. The largest absolute Gasteiger partial charge is 0.470 e. The number of H-pyrrole nitrogens is 2. The first-order valence-corrected chi connectivity index (χ1v) is 10.3. The summed E-state index contributed by atoms with van der Waals surface area (Å²) in [5.74, 6) is -0.106. The predicted molar refractivity (Wildman–Crippen MR) is 120 cm³/mol. The highest BCUT2D eigenvalue weighted by atomic mass is 19.1. The van der Waals surface area contributed by atoms with E-state index in [9.17, 15) is 14.4 Å². The number of hydrogen-bond acceptors (Lipinski definition) is 7. The van der Waals surface area contributed by atoms with E-state index in [0.29, 0.717) is 57.0 Å². The fourth-order valence-corrected chi connectivity index (χ4v) is 4.40. The summed E-state index contributed by atoms with van der Waals surface area (Å²) < 4.78 is 20.5.